The van der Waals surface area contributed by atoms with Crippen molar-refractivity contribution in [1.29, 1.82) is 0 Å². The zero-order chi connectivity index (χ0) is 13.8. The van der Waals surface area contributed by atoms with Gasteiger partial charge in [0, 0.05) is 35.6 Å². The van der Waals surface area contributed by atoms with E-state index < -0.39 is 0 Å². The van der Waals surface area contributed by atoms with Crippen molar-refractivity contribution < 1.29 is 0 Å². The Kier molecular flexibility index (Phi) is 5.43. The second-order valence-corrected chi connectivity index (χ2v) is 6.86. The Labute approximate surface area is 125 Å². The molecule has 0 spiro atoms. The van der Waals surface area contributed by atoms with Crippen LogP contribution in [0.15, 0.2) is 18.2 Å². The third kappa shape index (κ3) is 3.80. The molecule has 2 atom stereocenters. The molecule has 1 aliphatic rings. The summed E-state index contributed by atoms with van der Waals surface area (Å²) < 4.78 is 0. The van der Waals surface area contributed by atoms with Crippen LogP contribution in [0.5, 0.6) is 0 Å². The number of nitrogens with two attached hydrogens (primary N) is 1. The maximum absolute atomic E-state index is 6.17. The molecule has 1 heterocycles. The van der Waals surface area contributed by atoms with Crippen LogP contribution in [0.1, 0.15) is 25.3 Å². The van der Waals surface area contributed by atoms with Crippen LogP contribution in [-0.4, -0.2) is 30.6 Å². The highest BCUT2D eigenvalue weighted by Gasteiger charge is 2.22. The molecular formula is C15H23ClN2S. The SMILES string of the molecule is CCC(N)Cc1ccc(Cl)cc1N(C)C1CCSC1. The van der Waals surface area contributed by atoms with E-state index in [9.17, 15) is 0 Å². The molecule has 1 fully saturated rings. The molecule has 0 amide bonds. The minimum Gasteiger partial charge on any atom is -0.370 e. The van der Waals surface area contributed by atoms with E-state index in [1.165, 1.54) is 29.2 Å². The summed E-state index contributed by atoms with van der Waals surface area (Å²) in [4.78, 5) is 2.39. The summed E-state index contributed by atoms with van der Waals surface area (Å²) in [5, 5.41) is 0.807. The van der Waals surface area contributed by atoms with Crippen molar-refractivity contribution in [3.63, 3.8) is 0 Å². The van der Waals surface area contributed by atoms with Gasteiger partial charge in [0.25, 0.3) is 0 Å². The lowest BCUT2D eigenvalue weighted by Gasteiger charge is -2.29. The molecule has 2 N–H and O–H groups in total. The van der Waals surface area contributed by atoms with Gasteiger partial charge in [-0.1, -0.05) is 24.6 Å². The number of rotatable bonds is 5. The molecule has 2 rings (SSSR count). The molecule has 1 aromatic carbocycles. The van der Waals surface area contributed by atoms with E-state index in [0.717, 1.165) is 17.9 Å². The van der Waals surface area contributed by atoms with Gasteiger partial charge in [-0.25, -0.2) is 0 Å². The summed E-state index contributed by atoms with van der Waals surface area (Å²) in [6, 6.07) is 7.04. The second-order valence-electron chi connectivity index (χ2n) is 5.27. The van der Waals surface area contributed by atoms with Crippen LogP contribution in [0.4, 0.5) is 5.69 Å². The molecular weight excluding hydrogens is 276 g/mol. The van der Waals surface area contributed by atoms with E-state index in [-0.39, 0.29) is 6.04 Å². The molecule has 0 bridgehead atoms. The van der Waals surface area contributed by atoms with Gasteiger partial charge in [0.15, 0.2) is 0 Å². The van der Waals surface area contributed by atoms with Gasteiger partial charge in [-0.2, -0.15) is 11.8 Å². The molecule has 1 saturated heterocycles. The highest BCUT2D eigenvalue weighted by atomic mass is 35.5. The first kappa shape index (κ1) is 15.0. The van der Waals surface area contributed by atoms with Crippen molar-refractivity contribution in [3.8, 4) is 0 Å². The number of benzene rings is 1. The standard InChI is InChI=1S/C15H23ClN2S/c1-3-13(17)8-11-4-5-12(16)9-15(11)18(2)14-6-7-19-10-14/h4-5,9,13-14H,3,6-8,10,17H2,1-2H3. The topological polar surface area (TPSA) is 29.3 Å². The fraction of sp³-hybridized carbons (Fsp3) is 0.600. The molecule has 19 heavy (non-hydrogen) atoms. The van der Waals surface area contributed by atoms with Crippen molar-refractivity contribution in [2.45, 2.75) is 38.3 Å². The highest BCUT2D eigenvalue weighted by molar-refractivity contribution is 7.99. The molecule has 2 nitrogen and oxygen atoms in total. The molecule has 1 aliphatic heterocycles. The van der Waals surface area contributed by atoms with E-state index in [4.69, 9.17) is 17.3 Å². The third-order valence-electron chi connectivity index (χ3n) is 3.89. The smallest absolute Gasteiger partial charge is 0.0426 e. The van der Waals surface area contributed by atoms with Crippen molar-refractivity contribution in [3.05, 3.63) is 28.8 Å². The van der Waals surface area contributed by atoms with E-state index in [2.05, 4.69) is 31.0 Å². The van der Waals surface area contributed by atoms with Crippen LogP contribution >= 0.6 is 23.4 Å². The average molecular weight is 299 g/mol. The van der Waals surface area contributed by atoms with Gasteiger partial charge in [-0.3, -0.25) is 0 Å². The van der Waals surface area contributed by atoms with Gasteiger partial charge in [0.1, 0.15) is 0 Å². The minimum atomic E-state index is 0.228. The summed E-state index contributed by atoms with van der Waals surface area (Å²) in [6.45, 7) is 2.14. The molecule has 0 radical (unpaired) electrons. The summed E-state index contributed by atoms with van der Waals surface area (Å²) in [5.41, 5.74) is 8.68. The van der Waals surface area contributed by atoms with Gasteiger partial charge >= 0.3 is 0 Å². The number of hydrogen-bond donors (Lipinski definition) is 1. The first-order valence-electron chi connectivity index (χ1n) is 6.96. The van der Waals surface area contributed by atoms with Crippen LogP contribution in [-0.2, 0) is 6.42 Å². The number of thioether (sulfide) groups is 1. The van der Waals surface area contributed by atoms with Crippen LogP contribution in [0.3, 0.4) is 0 Å². The maximum Gasteiger partial charge on any atom is 0.0426 e. The summed E-state index contributed by atoms with van der Waals surface area (Å²) >= 11 is 8.21. The van der Waals surface area contributed by atoms with E-state index in [1.54, 1.807) is 0 Å². The quantitative estimate of drug-likeness (QED) is 0.901. The van der Waals surface area contributed by atoms with Crippen LogP contribution in [0.25, 0.3) is 0 Å². The zero-order valence-electron chi connectivity index (χ0n) is 11.7. The number of nitrogens with zero attached hydrogens (tertiary/aromatic N) is 1. The second kappa shape index (κ2) is 6.87. The average Bonchev–Trinajstić information content (AvgIpc) is 2.93. The van der Waals surface area contributed by atoms with Crippen LogP contribution in [0, 0.1) is 0 Å². The van der Waals surface area contributed by atoms with Crippen molar-refractivity contribution >= 4 is 29.1 Å². The fourth-order valence-corrected chi connectivity index (χ4v) is 3.92. The normalized spacial score (nSPS) is 20.5. The van der Waals surface area contributed by atoms with E-state index in [1.807, 2.05) is 17.8 Å². The highest BCUT2D eigenvalue weighted by Crippen LogP contribution is 2.31. The van der Waals surface area contributed by atoms with E-state index >= 15 is 0 Å². The lowest BCUT2D eigenvalue weighted by Crippen LogP contribution is -2.33. The molecule has 0 saturated carbocycles. The number of anilines is 1. The first-order valence-corrected chi connectivity index (χ1v) is 8.49. The molecule has 0 aliphatic carbocycles. The Morgan fingerprint density at radius 3 is 2.95 bits per heavy atom. The van der Waals surface area contributed by atoms with Gasteiger partial charge in [-0.15, -0.1) is 0 Å². The van der Waals surface area contributed by atoms with Gasteiger partial charge in [-0.05, 0) is 42.7 Å². The first-order chi connectivity index (χ1) is 9.11. The molecule has 0 aromatic heterocycles. The summed E-state index contributed by atoms with van der Waals surface area (Å²) in [5.74, 6) is 2.47. The van der Waals surface area contributed by atoms with Crippen molar-refractivity contribution in [1.82, 2.24) is 0 Å². The van der Waals surface area contributed by atoms with Crippen LogP contribution < -0.4 is 10.6 Å². The monoisotopic (exact) mass is 298 g/mol. The summed E-state index contributed by atoms with van der Waals surface area (Å²) in [7, 11) is 2.18. The Bertz CT molecular complexity index is 419. The maximum atomic E-state index is 6.17. The number of halogens is 1. The predicted octanol–water partition coefficient (Wildman–Crippen LogP) is 3.56. The Morgan fingerprint density at radius 2 is 2.32 bits per heavy atom. The largest absolute Gasteiger partial charge is 0.370 e. The minimum absolute atomic E-state index is 0.228. The van der Waals surface area contributed by atoms with Crippen LogP contribution in [0.2, 0.25) is 5.02 Å². The summed E-state index contributed by atoms with van der Waals surface area (Å²) in [6.07, 6.45) is 3.19. The van der Waals surface area contributed by atoms with Gasteiger partial charge in [0.2, 0.25) is 0 Å². The van der Waals surface area contributed by atoms with Gasteiger partial charge in [0.05, 0.1) is 0 Å². The molecule has 106 valence electrons. The predicted molar refractivity (Wildman–Crippen MR) is 87.6 cm³/mol. The van der Waals surface area contributed by atoms with Crippen molar-refractivity contribution in [2.75, 3.05) is 23.5 Å². The Balaban J connectivity index is 2.22. The number of hydrogen-bond acceptors (Lipinski definition) is 3. The fourth-order valence-electron chi connectivity index (χ4n) is 2.49. The Hall–Kier alpha value is -0.380. The molecule has 2 unspecified atom stereocenters. The Morgan fingerprint density at radius 1 is 1.53 bits per heavy atom. The lowest BCUT2D eigenvalue weighted by molar-refractivity contribution is 0.639. The third-order valence-corrected chi connectivity index (χ3v) is 5.27. The molecule has 1 aromatic rings. The lowest BCUT2D eigenvalue weighted by atomic mass is 10.0. The van der Waals surface area contributed by atoms with Gasteiger partial charge < -0.3 is 10.6 Å². The van der Waals surface area contributed by atoms with E-state index in [0.29, 0.717) is 6.04 Å². The molecule has 4 heteroatoms. The zero-order valence-corrected chi connectivity index (χ0v) is 13.3. The van der Waals surface area contributed by atoms with Crippen molar-refractivity contribution in [2.24, 2.45) is 5.73 Å².